The van der Waals surface area contributed by atoms with E-state index in [0.717, 1.165) is 28.6 Å². The van der Waals surface area contributed by atoms with Crippen molar-refractivity contribution in [3.05, 3.63) is 122 Å². The molecule has 1 heterocycles. The van der Waals surface area contributed by atoms with Gasteiger partial charge in [-0.1, -0.05) is 70.0 Å². The number of ether oxygens (including phenoxy) is 1. The van der Waals surface area contributed by atoms with E-state index in [1.807, 2.05) is 37.3 Å². The molecule has 0 saturated heterocycles. The highest BCUT2D eigenvalue weighted by atomic mass is 79.9. The molecule has 6 nitrogen and oxygen atoms in total. The number of hydrogen-bond donors (Lipinski definition) is 2. The number of aromatic amines is 1. The van der Waals surface area contributed by atoms with Gasteiger partial charge in [0.15, 0.2) is 0 Å². The van der Waals surface area contributed by atoms with E-state index in [1.165, 1.54) is 18.3 Å². The predicted octanol–water partition coefficient (Wildman–Crippen LogP) is 8.56. The molecule has 5 rings (SSSR count). The molecule has 11 heteroatoms. The van der Waals surface area contributed by atoms with Crippen LogP contribution in [0, 0.1) is 6.92 Å². The molecule has 0 fully saturated rings. The standard InChI is InChI=1S/C31H20BrClF3N3O3/c1-17-6-4-10-23-26(22-9-2-3-11-24(22)33)28(38-27(17)23)29(40)39-37-16-19-15-21(32)12-13-25(19)42-30(41)18-7-5-8-20(14-18)31(34,35)36/h2-16,38H,1H3,(H,39,40). The molecule has 0 aliphatic heterocycles. The van der Waals surface area contributed by atoms with Gasteiger partial charge in [-0.15, -0.1) is 0 Å². The number of carbonyl (C=O) groups is 2. The van der Waals surface area contributed by atoms with Crippen LogP contribution in [-0.4, -0.2) is 23.1 Å². The van der Waals surface area contributed by atoms with Crippen molar-refractivity contribution < 1.29 is 27.5 Å². The minimum Gasteiger partial charge on any atom is -0.422 e. The van der Waals surface area contributed by atoms with Crippen LogP contribution >= 0.6 is 27.5 Å². The summed E-state index contributed by atoms with van der Waals surface area (Å²) in [4.78, 5) is 29.2. The number of nitrogens with one attached hydrogen (secondary N) is 2. The van der Waals surface area contributed by atoms with Crippen molar-refractivity contribution in [2.24, 2.45) is 5.10 Å². The number of H-pyrrole nitrogens is 1. The van der Waals surface area contributed by atoms with Crippen LogP contribution in [0.4, 0.5) is 13.2 Å². The van der Waals surface area contributed by atoms with Gasteiger partial charge in [0.05, 0.1) is 17.3 Å². The van der Waals surface area contributed by atoms with E-state index in [-0.39, 0.29) is 22.6 Å². The number of rotatable bonds is 6. The average Bonchev–Trinajstić information content (AvgIpc) is 3.35. The molecule has 0 spiro atoms. The van der Waals surface area contributed by atoms with E-state index in [1.54, 1.807) is 24.3 Å². The lowest BCUT2D eigenvalue weighted by atomic mass is 10.0. The lowest BCUT2D eigenvalue weighted by molar-refractivity contribution is -0.137. The van der Waals surface area contributed by atoms with Crippen molar-refractivity contribution in [1.82, 2.24) is 10.4 Å². The summed E-state index contributed by atoms with van der Waals surface area (Å²) in [5.74, 6) is -1.51. The lowest BCUT2D eigenvalue weighted by Crippen LogP contribution is -2.19. The zero-order chi connectivity index (χ0) is 30.0. The molecule has 0 aliphatic carbocycles. The molecule has 0 bridgehead atoms. The molecule has 2 N–H and O–H groups in total. The van der Waals surface area contributed by atoms with Crippen LogP contribution in [0.5, 0.6) is 5.75 Å². The Morgan fingerprint density at radius 2 is 1.76 bits per heavy atom. The van der Waals surface area contributed by atoms with Crippen molar-refractivity contribution in [2.75, 3.05) is 0 Å². The molecule has 0 unspecified atom stereocenters. The number of esters is 1. The summed E-state index contributed by atoms with van der Waals surface area (Å²) in [6.45, 7) is 1.92. The van der Waals surface area contributed by atoms with Crippen LogP contribution in [0.25, 0.3) is 22.0 Å². The second kappa shape index (κ2) is 11.8. The van der Waals surface area contributed by atoms with Gasteiger partial charge in [0, 0.05) is 37.1 Å². The van der Waals surface area contributed by atoms with Gasteiger partial charge < -0.3 is 9.72 Å². The Hall–Kier alpha value is -4.41. The number of nitrogens with zero attached hydrogens (tertiary/aromatic N) is 1. The van der Waals surface area contributed by atoms with Gasteiger partial charge in [-0.05, 0) is 55.0 Å². The van der Waals surface area contributed by atoms with Gasteiger partial charge >= 0.3 is 12.1 Å². The fourth-order valence-corrected chi connectivity index (χ4v) is 5.00. The largest absolute Gasteiger partial charge is 0.422 e. The van der Waals surface area contributed by atoms with E-state index in [2.05, 4.69) is 31.4 Å². The van der Waals surface area contributed by atoms with Crippen LogP contribution < -0.4 is 10.2 Å². The van der Waals surface area contributed by atoms with E-state index in [9.17, 15) is 22.8 Å². The van der Waals surface area contributed by atoms with E-state index in [0.29, 0.717) is 26.7 Å². The monoisotopic (exact) mass is 653 g/mol. The highest BCUT2D eigenvalue weighted by Crippen LogP contribution is 2.37. The molecular weight excluding hydrogens is 635 g/mol. The van der Waals surface area contributed by atoms with Crippen molar-refractivity contribution >= 4 is 56.5 Å². The highest BCUT2D eigenvalue weighted by molar-refractivity contribution is 9.10. The summed E-state index contributed by atoms with van der Waals surface area (Å²) in [6, 6.07) is 21.4. The Balaban J connectivity index is 1.42. The summed E-state index contributed by atoms with van der Waals surface area (Å²) in [5.41, 5.74) is 4.76. The molecule has 212 valence electrons. The molecule has 1 amide bonds. The molecule has 0 saturated carbocycles. The number of carbonyl (C=O) groups excluding carboxylic acids is 2. The normalized spacial score (nSPS) is 11.7. The second-order valence-electron chi connectivity index (χ2n) is 9.20. The van der Waals surface area contributed by atoms with Crippen molar-refractivity contribution in [2.45, 2.75) is 13.1 Å². The number of para-hydroxylation sites is 1. The van der Waals surface area contributed by atoms with Gasteiger partial charge in [-0.2, -0.15) is 18.3 Å². The number of halogens is 5. The van der Waals surface area contributed by atoms with Crippen LogP contribution in [0.15, 0.2) is 94.5 Å². The van der Waals surface area contributed by atoms with Crippen LogP contribution in [0.3, 0.4) is 0 Å². The van der Waals surface area contributed by atoms with Crippen molar-refractivity contribution in [3.8, 4) is 16.9 Å². The van der Waals surface area contributed by atoms with Gasteiger partial charge in [-0.25, -0.2) is 10.2 Å². The number of alkyl halides is 3. The Morgan fingerprint density at radius 1 is 1.00 bits per heavy atom. The molecule has 42 heavy (non-hydrogen) atoms. The Bertz CT molecular complexity index is 1870. The Kier molecular flexibility index (Phi) is 8.20. The number of hydrazone groups is 1. The zero-order valence-electron chi connectivity index (χ0n) is 21.7. The smallest absolute Gasteiger partial charge is 0.416 e. The summed E-state index contributed by atoms with van der Waals surface area (Å²) in [6.07, 6.45) is -3.35. The topological polar surface area (TPSA) is 83.5 Å². The number of hydrogen-bond acceptors (Lipinski definition) is 4. The van der Waals surface area contributed by atoms with Gasteiger partial charge in [-0.3, -0.25) is 4.79 Å². The van der Waals surface area contributed by atoms with E-state index < -0.39 is 23.6 Å². The number of fused-ring (bicyclic) bond motifs is 1. The first-order valence-electron chi connectivity index (χ1n) is 12.4. The maximum atomic E-state index is 13.4. The van der Waals surface area contributed by atoms with E-state index >= 15 is 0 Å². The minimum absolute atomic E-state index is 0.0246. The number of aromatic nitrogens is 1. The molecular formula is C31H20BrClF3N3O3. The number of benzene rings is 4. The number of amides is 1. The third-order valence-corrected chi connectivity index (χ3v) is 7.21. The molecule has 0 aliphatic rings. The third kappa shape index (κ3) is 6.09. The quantitative estimate of drug-likeness (QED) is 0.0833. The Morgan fingerprint density at radius 3 is 2.52 bits per heavy atom. The van der Waals surface area contributed by atoms with Gasteiger partial charge in [0.2, 0.25) is 0 Å². The zero-order valence-corrected chi connectivity index (χ0v) is 24.1. The van der Waals surface area contributed by atoms with Gasteiger partial charge in [0.25, 0.3) is 5.91 Å². The van der Waals surface area contributed by atoms with Crippen molar-refractivity contribution in [3.63, 3.8) is 0 Å². The lowest BCUT2D eigenvalue weighted by Gasteiger charge is -2.10. The highest BCUT2D eigenvalue weighted by Gasteiger charge is 2.31. The maximum Gasteiger partial charge on any atom is 0.416 e. The molecule has 0 radical (unpaired) electrons. The van der Waals surface area contributed by atoms with Crippen LogP contribution in [0.1, 0.15) is 37.5 Å². The molecule has 5 aromatic rings. The summed E-state index contributed by atoms with van der Waals surface area (Å²) >= 11 is 9.82. The molecule has 0 atom stereocenters. The van der Waals surface area contributed by atoms with Crippen LogP contribution in [0.2, 0.25) is 5.02 Å². The molecule has 1 aromatic heterocycles. The minimum atomic E-state index is -4.61. The predicted molar refractivity (Wildman–Crippen MR) is 159 cm³/mol. The third-order valence-electron chi connectivity index (χ3n) is 6.38. The first kappa shape index (κ1) is 29.1. The van der Waals surface area contributed by atoms with E-state index in [4.69, 9.17) is 16.3 Å². The molecule has 4 aromatic carbocycles. The van der Waals surface area contributed by atoms with Crippen molar-refractivity contribution in [1.29, 1.82) is 0 Å². The average molecular weight is 655 g/mol. The van der Waals surface area contributed by atoms with Crippen LogP contribution in [-0.2, 0) is 6.18 Å². The summed E-state index contributed by atoms with van der Waals surface area (Å²) < 4.78 is 45.3. The fourth-order valence-electron chi connectivity index (χ4n) is 4.39. The maximum absolute atomic E-state index is 13.4. The second-order valence-corrected chi connectivity index (χ2v) is 10.5. The first-order chi connectivity index (χ1) is 20.0. The SMILES string of the molecule is Cc1cccc2c(-c3ccccc3Cl)c(C(=O)NN=Cc3cc(Br)ccc3OC(=O)c3cccc(C(F)(F)F)c3)[nH]c12. The Labute approximate surface area is 251 Å². The number of aryl methyl sites for hydroxylation is 1. The fraction of sp³-hybridized carbons (Fsp3) is 0.0645. The summed E-state index contributed by atoms with van der Waals surface area (Å²) in [5, 5.41) is 5.34. The summed E-state index contributed by atoms with van der Waals surface area (Å²) in [7, 11) is 0. The first-order valence-corrected chi connectivity index (χ1v) is 13.6. The van der Waals surface area contributed by atoms with Gasteiger partial charge in [0.1, 0.15) is 11.4 Å².